The minimum atomic E-state index is -0.621. The lowest BCUT2D eigenvalue weighted by molar-refractivity contribution is 0.660. The standard InChI is InChI=1S/C64H45NO/c1-63(2)56-24-14-12-22-51(56)52-36-30-45(40-58(52)63)44-28-33-49(34-29-44)65(48-31-26-43(27-32-48)42-16-6-3-7-17-42)50-35-37-55-59(41-50)64(46-18-8-4-9-19-46,47-20-10-5-11-21-47)57-39-38-54-53-23-13-15-25-60(53)66-62(54)61(55)57/h3-41H,1-2H3. The summed E-state index contributed by atoms with van der Waals surface area (Å²) in [4.78, 5) is 2.42. The Hall–Kier alpha value is -8.20. The summed E-state index contributed by atoms with van der Waals surface area (Å²) in [7, 11) is 0. The van der Waals surface area contributed by atoms with Crippen molar-refractivity contribution in [3.8, 4) is 44.5 Å². The van der Waals surface area contributed by atoms with Crippen LogP contribution in [-0.2, 0) is 10.8 Å². The quantitative estimate of drug-likeness (QED) is 0.159. The first-order valence-electron chi connectivity index (χ1n) is 23.0. The lowest BCUT2D eigenvalue weighted by Gasteiger charge is -2.35. The van der Waals surface area contributed by atoms with Gasteiger partial charge in [-0.25, -0.2) is 0 Å². The third-order valence-electron chi connectivity index (χ3n) is 14.6. The summed E-state index contributed by atoms with van der Waals surface area (Å²) in [6.45, 7) is 4.70. The first kappa shape index (κ1) is 38.3. The van der Waals surface area contributed by atoms with Gasteiger partial charge in [-0.3, -0.25) is 0 Å². The summed E-state index contributed by atoms with van der Waals surface area (Å²) >= 11 is 0. The van der Waals surface area contributed by atoms with Crippen LogP contribution in [0.4, 0.5) is 17.1 Å². The van der Waals surface area contributed by atoms with Crippen LogP contribution in [0.2, 0.25) is 0 Å². The molecule has 0 spiro atoms. The Bertz CT molecular complexity index is 3600. The van der Waals surface area contributed by atoms with Crippen molar-refractivity contribution in [3.63, 3.8) is 0 Å². The SMILES string of the molecule is CC1(C)c2ccccc2-c2ccc(-c3ccc(N(c4ccc(-c5ccccc5)cc4)c4ccc5c(c4)C(c4ccccc4)(c4ccccc4)c4ccc6c(oc7ccccc76)c4-5)cc3)cc21. The zero-order valence-electron chi connectivity index (χ0n) is 36.9. The molecule has 0 unspecified atom stereocenters. The number of benzene rings is 10. The van der Waals surface area contributed by atoms with E-state index in [0.717, 1.165) is 44.6 Å². The van der Waals surface area contributed by atoms with Gasteiger partial charge in [-0.15, -0.1) is 0 Å². The molecule has 0 saturated heterocycles. The number of furan rings is 1. The average Bonchev–Trinajstić information content (AvgIpc) is 3.99. The van der Waals surface area contributed by atoms with Crippen molar-refractivity contribution in [3.05, 3.63) is 270 Å². The van der Waals surface area contributed by atoms with E-state index in [1.165, 1.54) is 72.3 Å². The largest absolute Gasteiger partial charge is 0.455 e. The fourth-order valence-electron chi connectivity index (χ4n) is 11.4. The number of hydrogen-bond acceptors (Lipinski definition) is 2. The molecule has 1 aromatic heterocycles. The van der Waals surface area contributed by atoms with Crippen LogP contribution >= 0.6 is 0 Å². The van der Waals surface area contributed by atoms with Crippen LogP contribution in [0.15, 0.2) is 241 Å². The molecule has 2 aliphatic carbocycles. The van der Waals surface area contributed by atoms with Gasteiger partial charge in [0.25, 0.3) is 0 Å². The highest BCUT2D eigenvalue weighted by atomic mass is 16.3. The van der Waals surface area contributed by atoms with E-state index in [4.69, 9.17) is 4.42 Å². The summed E-state index contributed by atoms with van der Waals surface area (Å²) < 4.78 is 6.87. The van der Waals surface area contributed by atoms with E-state index in [1.54, 1.807) is 0 Å². The van der Waals surface area contributed by atoms with Gasteiger partial charge in [0.15, 0.2) is 0 Å². The van der Waals surface area contributed by atoms with Gasteiger partial charge in [0.05, 0.1) is 5.41 Å². The molecule has 0 saturated carbocycles. The maximum absolute atomic E-state index is 6.87. The van der Waals surface area contributed by atoms with Crippen LogP contribution in [0.5, 0.6) is 0 Å². The molecule has 2 heteroatoms. The monoisotopic (exact) mass is 843 g/mol. The topological polar surface area (TPSA) is 16.4 Å². The van der Waals surface area contributed by atoms with E-state index in [9.17, 15) is 0 Å². The first-order valence-corrected chi connectivity index (χ1v) is 23.0. The smallest absolute Gasteiger partial charge is 0.143 e. The first-order chi connectivity index (χ1) is 32.5. The molecule has 66 heavy (non-hydrogen) atoms. The van der Waals surface area contributed by atoms with E-state index in [0.29, 0.717) is 0 Å². The molecule has 10 aromatic carbocycles. The molecule has 0 atom stereocenters. The van der Waals surface area contributed by atoms with Gasteiger partial charge in [-0.05, 0) is 121 Å². The van der Waals surface area contributed by atoms with Crippen molar-refractivity contribution in [1.29, 1.82) is 0 Å². The zero-order chi connectivity index (χ0) is 44.0. The third kappa shape index (κ3) is 5.61. The number of rotatable bonds is 7. The van der Waals surface area contributed by atoms with Gasteiger partial charge in [-0.2, -0.15) is 0 Å². The zero-order valence-corrected chi connectivity index (χ0v) is 36.9. The van der Waals surface area contributed by atoms with Crippen molar-refractivity contribution >= 4 is 39.0 Å². The van der Waals surface area contributed by atoms with E-state index in [2.05, 4.69) is 255 Å². The highest BCUT2D eigenvalue weighted by Gasteiger charge is 2.48. The predicted octanol–water partition coefficient (Wildman–Crippen LogP) is 17.1. The van der Waals surface area contributed by atoms with Gasteiger partial charge in [0.1, 0.15) is 11.2 Å². The van der Waals surface area contributed by atoms with Gasteiger partial charge in [0, 0.05) is 38.8 Å². The highest BCUT2D eigenvalue weighted by molar-refractivity contribution is 6.12. The van der Waals surface area contributed by atoms with Crippen molar-refractivity contribution in [2.24, 2.45) is 0 Å². The van der Waals surface area contributed by atoms with Gasteiger partial charge in [0.2, 0.25) is 0 Å². The normalized spacial score (nSPS) is 13.8. The van der Waals surface area contributed by atoms with Crippen LogP contribution in [0, 0.1) is 0 Å². The molecule has 0 N–H and O–H groups in total. The van der Waals surface area contributed by atoms with Crippen LogP contribution in [0.25, 0.3) is 66.4 Å². The number of nitrogens with zero attached hydrogens (tertiary/aromatic N) is 1. The van der Waals surface area contributed by atoms with Crippen LogP contribution < -0.4 is 4.90 Å². The molecule has 0 amide bonds. The Balaban J connectivity index is 1.01. The van der Waals surface area contributed by atoms with Crippen LogP contribution in [0.3, 0.4) is 0 Å². The molecular weight excluding hydrogens is 799 g/mol. The molecule has 2 nitrogen and oxygen atoms in total. The average molecular weight is 844 g/mol. The highest BCUT2D eigenvalue weighted by Crippen LogP contribution is 2.59. The number of anilines is 3. The third-order valence-corrected chi connectivity index (χ3v) is 14.6. The molecule has 1 heterocycles. The fourth-order valence-corrected chi connectivity index (χ4v) is 11.4. The van der Waals surface area contributed by atoms with Crippen molar-refractivity contribution in [2.75, 3.05) is 4.90 Å². The lowest BCUT2D eigenvalue weighted by Crippen LogP contribution is -2.28. The summed E-state index contributed by atoms with van der Waals surface area (Å²) in [5.74, 6) is 0. The Labute approximate surface area is 385 Å². The van der Waals surface area contributed by atoms with Crippen LogP contribution in [-0.4, -0.2) is 0 Å². The predicted molar refractivity (Wildman–Crippen MR) is 274 cm³/mol. The van der Waals surface area contributed by atoms with Gasteiger partial charge >= 0.3 is 0 Å². The lowest BCUT2D eigenvalue weighted by atomic mass is 9.67. The molecule has 0 radical (unpaired) electrons. The number of para-hydroxylation sites is 1. The van der Waals surface area contributed by atoms with E-state index >= 15 is 0 Å². The second-order valence-corrected chi connectivity index (χ2v) is 18.4. The minimum Gasteiger partial charge on any atom is -0.455 e. The molecule has 312 valence electrons. The van der Waals surface area contributed by atoms with Crippen molar-refractivity contribution in [1.82, 2.24) is 0 Å². The van der Waals surface area contributed by atoms with Crippen molar-refractivity contribution < 1.29 is 4.42 Å². The van der Waals surface area contributed by atoms with E-state index < -0.39 is 5.41 Å². The summed E-state index contributed by atoms with van der Waals surface area (Å²) in [6, 6.07) is 86.9. The Kier molecular flexibility index (Phi) is 8.51. The Morgan fingerprint density at radius 3 is 1.58 bits per heavy atom. The minimum absolute atomic E-state index is 0.0667. The second-order valence-electron chi connectivity index (χ2n) is 18.4. The molecule has 0 fully saturated rings. The van der Waals surface area contributed by atoms with E-state index in [-0.39, 0.29) is 5.41 Å². The molecule has 0 aliphatic heterocycles. The fraction of sp³-hybridized carbons (Fsp3) is 0.0625. The molecule has 11 aromatic rings. The maximum atomic E-state index is 6.87. The van der Waals surface area contributed by atoms with Crippen molar-refractivity contribution in [2.45, 2.75) is 24.7 Å². The molecule has 2 aliphatic rings. The number of hydrogen-bond donors (Lipinski definition) is 0. The Morgan fingerprint density at radius 1 is 0.348 bits per heavy atom. The molecule has 13 rings (SSSR count). The summed E-state index contributed by atoms with van der Waals surface area (Å²) in [6.07, 6.45) is 0. The molecule has 0 bridgehead atoms. The van der Waals surface area contributed by atoms with Gasteiger partial charge in [-0.1, -0.05) is 202 Å². The maximum Gasteiger partial charge on any atom is 0.143 e. The van der Waals surface area contributed by atoms with Gasteiger partial charge < -0.3 is 9.32 Å². The van der Waals surface area contributed by atoms with E-state index in [1.807, 2.05) is 0 Å². The second kappa shape index (κ2) is 14.7. The summed E-state index contributed by atoms with van der Waals surface area (Å²) in [5, 5.41) is 2.26. The van der Waals surface area contributed by atoms with Crippen LogP contribution in [0.1, 0.15) is 47.2 Å². The Morgan fingerprint density at radius 2 is 0.879 bits per heavy atom. The number of fused-ring (bicyclic) bond motifs is 10. The molecular formula is C64H45NO. The summed E-state index contributed by atoms with van der Waals surface area (Å²) in [5.41, 5.74) is 21.9.